The van der Waals surface area contributed by atoms with E-state index in [9.17, 15) is 26.9 Å². The third-order valence-corrected chi connectivity index (χ3v) is 4.78. The van der Waals surface area contributed by atoms with Crippen LogP contribution in [-0.4, -0.2) is 31.7 Å². The predicted octanol–water partition coefficient (Wildman–Crippen LogP) is 0.675. The van der Waals surface area contributed by atoms with Gasteiger partial charge in [0.2, 0.25) is 0 Å². The van der Waals surface area contributed by atoms with Crippen LogP contribution >= 0.6 is 0 Å². The van der Waals surface area contributed by atoms with E-state index >= 15 is 0 Å². The molecule has 0 aliphatic rings. The van der Waals surface area contributed by atoms with Crippen LogP contribution < -0.4 is 0 Å². The van der Waals surface area contributed by atoms with Crippen molar-refractivity contribution in [2.24, 2.45) is 0 Å². The Hall–Kier alpha value is -1.56. The smallest absolute Gasteiger partial charge is 0.263 e. The molecule has 0 amide bonds. The molecule has 0 heterocycles. The van der Waals surface area contributed by atoms with Gasteiger partial charge in [0.05, 0.1) is 10.7 Å². The quantitative estimate of drug-likeness (QED) is 0.457. The molecule has 112 valence electrons. The highest BCUT2D eigenvalue weighted by atomic mass is 32.3. The number of hydrogen-bond acceptors (Lipinski definition) is 7. The van der Waals surface area contributed by atoms with Gasteiger partial charge in [-0.3, -0.25) is 14.7 Å². The van der Waals surface area contributed by atoms with Gasteiger partial charge in [-0.1, -0.05) is 18.2 Å². The molecule has 1 unspecified atom stereocenters. The standard InChI is InChI=1S/C9H11NO8S2/c1-7(18-20(15,16)17)19(13,14)6-8-4-2-3-5-9(8)10(11)12/h2-5,7H,6H2,1H3,(H,15,16,17). The maximum Gasteiger partial charge on any atom is 0.398 e. The molecule has 1 aromatic rings. The van der Waals surface area contributed by atoms with E-state index in [0.717, 1.165) is 13.0 Å². The summed E-state index contributed by atoms with van der Waals surface area (Å²) in [5, 5.41) is 10.7. The first-order valence-electron chi connectivity index (χ1n) is 5.12. The molecule has 0 bridgehead atoms. The van der Waals surface area contributed by atoms with Crippen LogP contribution in [-0.2, 0) is 30.2 Å². The summed E-state index contributed by atoms with van der Waals surface area (Å²) in [5.41, 5.74) is -2.38. The highest BCUT2D eigenvalue weighted by Gasteiger charge is 2.29. The average Bonchev–Trinajstić information content (AvgIpc) is 2.26. The predicted molar refractivity (Wildman–Crippen MR) is 67.8 cm³/mol. The van der Waals surface area contributed by atoms with E-state index in [1.807, 2.05) is 0 Å². The Morgan fingerprint density at radius 3 is 2.35 bits per heavy atom. The number of benzene rings is 1. The summed E-state index contributed by atoms with van der Waals surface area (Å²) in [6.07, 6.45) is 0. The molecule has 1 aromatic carbocycles. The van der Waals surface area contributed by atoms with Gasteiger partial charge in [-0.15, -0.1) is 0 Å². The molecule has 20 heavy (non-hydrogen) atoms. The lowest BCUT2D eigenvalue weighted by atomic mass is 10.2. The molecule has 1 rings (SSSR count). The van der Waals surface area contributed by atoms with Gasteiger partial charge in [-0.2, -0.15) is 8.42 Å². The number of nitro groups is 1. The molecular formula is C9H11NO8S2. The van der Waals surface area contributed by atoms with Crippen LogP contribution in [0.25, 0.3) is 0 Å². The molecule has 0 aromatic heterocycles. The van der Waals surface area contributed by atoms with Gasteiger partial charge in [0.1, 0.15) is 0 Å². The van der Waals surface area contributed by atoms with E-state index in [0.29, 0.717) is 0 Å². The van der Waals surface area contributed by atoms with E-state index in [1.165, 1.54) is 18.2 Å². The lowest BCUT2D eigenvalue weighted by molar-refractivity contribution is -0.385. The Bertz CT molecular complexity index is 709. The van der Waals surface area contributed by atoms with Crippen LogP contribution in [0.1, 0.15) is 12.5 Å². The molecule has 0 saturated carbocycles. The zero-order chi connectivity index (χ0) is 15.6. The first-order valence-corrected chi connectivity index (χ1v) is 8.20. The monoisotopic (exact) mass is 325 g/mol. The first-order chi connectivity index (χ1) is 9.03. The molecule has 0 aliphatic heterocycles. The van der Waals surface area contributed by atoms with Crippen molar-refractivity contribution in [2.45, 2.75) is 18.1 Å². The van der Waals surface area contributed by atoms with Crippen molar-refractivity contribution in [3.63, 3.8) is 0 Å². The first kappa shape index (κ1) is 16.5. The summed E-state index contributed by atoms with van der Waals surface area (Å²) >= 11 is 0. The maximum absolute atomic E-state index is 11.8. The van der Waals surface area contributed by atoms with Gasteiger partial charge in [-0.05, 0) is 6.92 Å². The minimum absolute atomic E-state index is 0.108. The second kappa shape index (κ2) is 5.83. The maximum atomic E-state index is 11.8. The summed E-state index contributed by atoms with van der Waals surface area (Å²) in [6.45, 7) is 0.901. The van der Waals surface area contributed by atoms with Crippen LogP contribution in [0.2, 0.25) is 0 Å². The Morgan fingerprint density at radius 2 is 1.85 bits per heavy atom. The van der Waals surface area contributed by atoms with Gasteiger partial charge in [-0.25, -0.2) is 12.6 Å². The summed E-state index contributed by atoms with van der Waals surface area (Å²) in [6, 6.07) is 5.13. The van der Waals surface area contributed by atoms with Crippen LogP contribution in [0.15, 0.2) is 24.3 Å². The van der Waals surface area contributed by atoms with Crippen molar-refractivity contribution in [1.82, 2.24) is 0 Å². The third-order valence-electron chi connectivity index (χ3n) is 2.31. The van der Waals surface area contributed by atoms with Crippen LogP contribution in [0.5, 0.6) is 0 Å². The Morgan fingerprint density at radius 1 is 1.30 bits per heavy atom. The molecule has 0 aliphatic carbocycles. The molecule has 0 fully saturated rings. The van der Waals surface area contributed by atoms with E-state index in [-0.39, 0.29) is 5.56 Å². The molecule has 0 saturated heterocycles. The zero-order valence-corrected chi connectivity index (χ0v) is 11.8. The number of nitro benzene ring substituents is 1. The van der Waals surface area contributed by atoms with Crippen molar-refractivity contribution in [3.05, 3.63) is 39.9 Å². The SMILES string of the molecule is CC(OS(=O)(=O)O)S(=O)(=O)Cc1ccccc1[N+](=O)[O-]. The second-order valence-corrected chi connectivity index (χ2v) is 7.11. The molecule has 0 spiro atoms. The Labute approximate surface area is 115 Å². The number of nitrogens with zero attached hydrogens (tertiary/aromatic N) is 1. The molecule has 0 radical (unpaired) electrons. The molecule has 1 N–H and O–H groups in total. The van der Waals surface area contributed by atoms with Crippen LogP contribution in [0.3, 0.4) is 0 Å². The summed E-state index contributed by atoms with van der Waals surface area (Å²) in [4.78, 5) is 10.00. The lowest BCUT2D eigenvalue weighted by Gasteiger charge is -2.11. The highest BCUT2D eigenvalue weighted by Crippen LogP contribution is 2.22. The minimum Gasteiger partial charge on any atom is -0.263 e. The normalized spacial score (nSPS) is 13.9. The van der Waals surface area contributed by atoms with Crippen LogP contribution in [0.4, 0.5) is 5.69 Å². The summed E-state index contributed by atoms with van der Waals surface area (Å²) in [7, 11) is -9.11. The summed E-state index contributed by atoms with van der Waals surface area (Å²) < 4.78 is 57.0. The minimum atomic E-state index is -4.94. The highest BCUT2D eigenvalue weighted by molar-refractivity contribution is 7.91. The van der Waals surface area contributed by atoms with Crippen molar-refractivity contribution in [2.75, 3.05) is 0 Å². The Kier molecular flexibility index (Phi) is 4.81. The topological polar surface area (TPSA) is 141 Å². The van der Waals surface area contributed by atoms with E-state index in [4.69, 9.17) is 4.55 Å². The molecular weight excluding hydrogens is 314 g/mol. The van der Waals surface area contributed by atoms with E-state index < -0.39 is 42.0 Å². The second-order valence-electron chi connectivity index (χ2n) is 3.78. The summed E-state index contributed by atoms with van der Waals surface area (Å²) in [5.74, 6) is -0.791. The van der Waals surface area contributed by atoms with Crippen molar-refractivity contribution in [1.29, 1.82) is 0 Å². The fraction of sp³-hybridized carbons (Fsp3) is 0.333. The fourth-order valence-corrected chi connectivity index (χ4v) is 3.41. The number of para-hydroxylation sites is 1. The van der Waals surface area contributed by atoms with E-state index in [2.05, 4.69) is 4.18 Å². The Balaban J connectivity index is 3.06. The van der Waals surface area contributed by atoms with Gasteiger partial charge < -0.3 is 0 Å². The van der Waals surface area contributed by atoms with Crippen molar-refractivity contribution in [3.8, 4) is 0 Å². The number of hydrogen-bond donors (Lipinski definition) is 1. The largest absolute Gasteiger partial charge is 0.398 e. The molecule has 9 nitrogen and oxygen atoms in total. The van der Waals surface area contributed by atoms with Crippen molar-refractivity contribution < 1.29 is 30.5 Å². The third kappa shape index (κ3) is 4.52. The van der Waals surface area contributed by atoms with Gasteiger partial charge in [0.15, 0.2) is 15.3 Å². The average molecular weight is 325 g/mol. The van der Waals surface area contributed by atoms with E-state index in [1.54, 1.807) is 0 Å². The van der Waals surface area contributed by atoms with Crippen molar-refractivity contribution >= 4 is 25.9 Å². The van der Waals surface area contributed by atoms with Gasteiger partial charge in [0, 0.05) is 11.6 Å². The zero-order valence-electron chi connectivity index (χ0n) is 10.2. The fourth-order valence-electron chi connectivity index (χ4n) is 1.38. The van der Waals surface area contributed by atoms with Gasteiger partial charge in [0.25, 0.3) is 5.69 Å². The number of sulfone groups is 1. The number of rotatable bonds is 6. The van der Waals surface area contributed by atoms with Crippen LogP contribution in [0, 0.1) is 10.1 Å². The lowest BCUT2D eigenvalue weighted by Crippen LogP contribution is -2.25. The molecule has 11 heteroatoms. The molecule has 1 atom stereocenters. The van der Waals surface area contributed by atoms with Gasteiger partial charge >= 0.3 is 10.4 Å².